The van der Waals surface area contributed by atoms with Gasteiger partial charge >= 0.3 is 0 Å². The summed E-state index contributed by atoms with van der Waals surface area (Å²) in [4.78, 5) is 23.9. The zero-order valence-electron chi connectivity index (χ0n) is 10.8. The maximum Gasteiger partial charge on any atom is 0.244 e. The number of hydrogen-bond donors (Lipinski definition) is 2. The van der Waals surface area contributed by atoms with Crippen molar-refractivity contribution in [1.82, 2.24) is 19.5 Å². The van der Waals surface area contributed by atoms with Gasteiger partial charge in [-0.3, -0.25) is 4.79 Å². The number of benzene rings is 1. The molecular weight excluding hydrogens is 275 g/mol. The van der Waals surface area contributed by atoms with Crippen LogP contribution in [0.5, 0.6) is 0 Å². The van der Waals surface area contributed by atoms with Gasteiger partial charge in [0.15, 0.2) is 11.5 Å². The fraction of sp³-hybridized carbons (Fsp3) is 0.0769. The van der Waals surface area contributed by atoms with Crippen LogP contribution >= 0.6 is 0 Å². The number of anilines is 2. The molecule has 7 nitrogen and oxygen atoms in total. The zero-order valence-corrected chi connectivity index (χ0v) is 10.8. The monoisotopic (exact) mass is 286 g/mol. The van der Waals surface area contributed by atoms with E-state index in [1.165, 1.54) is 36.9 Å². The van der Waals surface area contributed by atoms with Gasteiger partial charge in [-0.2, -0.15) is 0 Å². The van der Waals surface area contributed by atoms with E-state index in [0.717, 1.165) is 0 Å². The number of nitrogens with one attached hydrogen (secondary N) is 1. The number of rotatable bonds is 3. The maximum atomic E-state index is 12.8. The third kappa shape index (κ3) is 2.64. The fourth-order valence-corrected chi connectivity index (χ4v) is 1.90. The van der Waals surface area contributed by atoms with Gasteiger partial charge in [0.1, 0.15) is 24.2 Å². The van der Waals surface area contributed by atoms with Crippen molar-refractivity contribution in [3.8, 4) is 0 Å². The number of hydrogen-bond acceptors (Lipinski definition) is 5. The second-order valence-electron chi connectivity index (χ2n) is 4.36. The quantitative estimate of drug-likeness (QED) is 0.753. The first-order chi connectivity index (χ1) is 10.1. The Morgan fingerprint density at radius 2 is 2.00 bits per heavy atom. The number of halogens is 1. The highest BCUT2D eigenvalue weighted by Gasteiger charge is 2.11. The Hall–Kier alpha value is -3.03. The van der Waals surface area contributed by atoms with Crippen LogP contribution < -0.4 is 11.1 Å². The lowest BCUT2D eigenvalue weighted by Crippen LogP contribution is -2.18. The van der Waals surface area contributed by atoms with Crippen molar-refractivity contribution >= 4 is 28.6 Å². The molecule has 106 valence electrons. The third-order valence-electron chi connectivity index (χ3n) is 2.87. The minimum absolute atomic E-state index is 0.0182. The Balaban J connectivity index is 1.77. The molecule has 0 atom stereocenters. The Labute approximate surface area is 118 Å². The number of carbonyl (C=O) groups is 1. The smallest absolute Gasteiger partial charge is 0.244 e. The first kappa shape index (κ1) is 13.0. The highest BCUT2D eigenvalue weighted by molar-refractivity contribution is 5.91. The number of aromatic nitrogens is 4. The average molecular weight is 286 g/mol. The minimum atomic E-state index is -0.360. The van der Waals surface area contributed by atoms with Crippen LogP contribution in [0, 0.1) is 5.82 Å². The molecule has 1 aromatic carbocycles. The van der Waals surface area contributed by atoms with Gasteiger partial charge in [0.2, 0.25) is 5.91 Å². The van der Waals surface area contributed by atoms with Gasteiger partial charge in [-0.25, -0.2) is 19.3 Å². The van der Waals surface area contributed by atoms with Crippen LogP contribution in [-0.4, -0.2) is 25.4 Å². The molecule has 0 fully saturated rings. The number of nitrogen functional groups attached to an aromatic ring is 1. The van der Waals surface area contributed by atoms with Crippen molar-refractivity contribution in [2.24, 2.45) is 0 Å². The average Bonchev–Trinajstić information content (AvgIpc) is 2.86. The van der Waals surface area contributed by atoms with E-state index in [1.807, 2.05) is 0 Å². The molecule has 3 aromatic rings. The number of amides is 1. The molecule has 8 heteroatoms. The number of fused-ring (bicyclic) bond motifs is 1. The normalized spacial score (nSPS) is 10.7. The van der Waals surface area contributed by atoms with Gasteiger partial charge in [-0.05, 0) is 24.3 Å². The van der Waals surface area contributed by atoms with Gasteiger partial charge in [0.05, 0.1) is 6.33 Å². The third-order valence-corrected chi connectivity index (χ3v) is 2.87. The molecule has 0 aliphatic heterocycles. The molecule has 0 aliphatic rings. The molecular formula is C13H11FN6O. The van der Waals surface area contributed by atoms with Crippen LogP contribution in [0.25, 0.3) is 11.2 Å². The SMILES string of the molecule is Nc1ncnc2c1ncn2CC(=O)Nc1ccc(F)cc1. The summed E-state index contributed by atoms with van der Waals surface area (Å²) in [5, 5.41) is 2.66. The summed E-state index contributed by atoms with van der Waals surface area (Å²) >= 11 is 0. The second-order valence-corrected chi connectivity index (χ2v) is 4.36. The van der Waals surface area contributed by atoms with Gasteiger partial charge in [-0.15, -0.1) is 0 Å². The Bertz CT molecular complexity index is 798. The van der Waals surface area contributed by atoms with E-state index < -0.39 is 0 Å². The molecule has 21 heavy (non-hydrogen) atoms. The first-order valence-electron chi connectivity index (χ1n) is 6.10. The van der Waals surface area contributed by atoms with Crippen LogP contribution in [-0.2, 0) is 11.3 Å². The molecule has 0 unspecified atom stereocenters. The minimum Gasteiger partial charge on any atom is -0.382 e. The number of carbonyl (C=O) groups excluding carboxylic acids is 1. The zero-order chi connectivity index (χ0) is 14.8. The molecule has 3 N–H and O–H groups in total. The van der Waals surface area contributed by atoms with Crippen molar-refractivity contribution in [2.75, 3.05) is 11.1 Å². The molecule has 1 amide bonds. The standard InChI is InChI=1S/C13H11FN6O/c14-8-1-3-9(4-2-8)19-10(21)5-20-7-18-11-12(15)16-6-17-13(11)20/h1-4,6-7H,5H2,(H,19,21)(H2,15,16,17). The summed E-state index contributed by atoms with van der Waals surface area (Å²) in [5.74, 6) is -0.378. The summed E-state index contributed by atoms with van der Waals surface area (Å²) < 4.78 is 14.4. The maximum absolute atomic E-state index is 12.8. The number of nitrogens with zero attached hydrogens (tertiary/aromatic N) is 4. The van der Waals surface area contributed by atoms with E-state index in [1.54, 1.807) is 4.57 Å². The van der Waals surface area contributed by atoms with E-state index in [9.17, 15) is 9.18 Å². The van der Waals surface area contributed by atoms with Crippen LogP contribution in [0.15, 0.2) is 36.9 Å². The summed E-state index contributed by atoms with van der Waals surface area (Å²) in [6.45, 7) is 0.0182. The van der Waals surface area contributed by atoms with E-state index in [2.05, 4.69) is 20.3 Å². The van der Waals surface area contributed by atoms with Crippen LogP contribution in [0.2, 0.25) is 0 Å². The van der Waals surface area contributed by atoms with E-state index in [0.29, 0.717) is 16.9 Å². The van der Waals surface area contributed by atoms with Crippen molar-refractivity contribution in [3.63, 3.8) is 0 Å². The van der Waals surface area contributed by atoms with E-state index in [4.69, 9.17) is 5.73 Å². The van der Waals surface area contributed by atoms with Crippen LogP contribution in [0.3, 0.4) is 0 Å². The molecule has 0 bridgehead atoms. The fourth-order valence-electron chi connectivity index (χ4n) is 1.90. The topological polar surface area (TPSA) is 98.7 Å². The van der Waals surface area contributed by atoms with Crippen molar-refractivity contribution in [2.45, 2.75) is 6.54 Å². The van der Waals surface area contributed by atoms with Crippen LogP contribution in [0.1, 0.15) is 0 Å². The highest BCUT2D eigenvalue weighted by atomic mass is 19.1. The van der Waals surface area contributed by atoms with Crippen molar-refractivity contribution in [3.05, 3.63) is 42.7 Å². The van der Waals surface area contributed by atoms with Gasteiger partial charge in [-0.1, -0.05) is 0 Å². The lowest BCUT2D eigenvalue weighted by molar-refractivity contribution is -0.116. The second kappa shape index (κ2) is 5.16. The largest absolute Gasteiger partial charge is 0.382 e. The molecule has 0 aliphatic carbocycles. The molecule has 2 heterocycles. The summed E-state index contributed by atoms with van der Waals surface area (Å²) in [6, 6.07) is 5.52. The lowest BCUT2D eigenvalue weighted by atomic mass is 10.3. The first-order valence-corrected chi connectivity index (χ1v) is 6.10. The highest BCUT2D eigenvalue weighted by Crippen LogP contribution is 2.14. The summed E-state index contributed by atoms with van der Waals surface area (Å²) in [7, 11) is 0. The van der Waals surface area contributed by atoms with Crippen LogP contribution in [0.4, 0.5) is 15.9 Å². The molecule has 0 saturated carbocycles. The Kier molecular flexibility index (Phi) is 3.19. The summed E-state index contributed by atoms with van der Waals surface area (Å²) in [5.41, 5.74) is 7.12. The molecule has 0 radical (unpaired) electrons. The number of imidazole rings is 1. The van der Waals surface area contributed by atoms with Gasteiger partial charge < -0.3 is 15.6 Å². The van der Waals surface area contributed by atoms with E-state index in [-0.39, 0.29) is 24.1 Å². The predicted molar refractivity (Wildman–Crippen MR) is 74.8 cm³/mol. The molecule has 0 saturated heterocycles. The van der Waals surface area contributed by atoms with Gasteiger partial charge in [0, 0.05) is 5.69 Å². The predicted octanol–water partition coefficient (Wildman–Crippen LogP) is 1.19. The van der Waals surface area contributed by atoms with E-state index >= 15 is 0 Å². The number of nitrogens with two attached hydrogens (primary N) is 1. The van der Waals surface area contributed by atoms with Gasteiger partial charge in [0.25, 0.3) is 0 Å². The Morgan fingerprint density at radius 3 is 2.76 bits per heavy atom. The molecule has 2 aromatic heterocycles. The summed E-state index contributed by atoms with van der Waals surface area (Å²) in [6.07, 6.45) is 2.79. The Morgan fingerprint density at radius 1 is 1.24 bits per heavy atom. The molecule has 0 spiro atoms. The van der Waals surface area contributed by atoms with Crippen molar-refractivity contribution < 1.29 is 9.18 Å². The lowest BCUT2D eigenvalue weighted by Gasteiger charge is -2.06. The van der Waals surface area contributed by atoms with Crippen molar-refractivity contribution in [1.29, 1.82) is 0 Å². The molecule has 3 rings (SSSR count).